The first kappa shape index (κ1) is 31.1. The van der Waals surface area contributed by atoms with Gasteiger partial charge in [-0.25, -0.2) is 16.8 Å². The first-order chi connectivity index (χ1) is 17.6. The van der Waals surface area contributed by atoms with Crippen molar-refractivity contribution >= 4 is 25.5 Å². The van der Waals surface area contributed by atoms with Crippen LogP contribution in [0.15, 0.2) is 46.3 Å². The van der Waals surface area contributed by atoms with E-state index < -0.39 is 86.3 Å². The van der Waals surface area contributed by atoms with Gasteiger partial charge in [-0.1, -0.05) is 6.07 Å². The Morgan fingerprint density at radius 1 is 0.949 bits per heavy atom. The molecule has 3 rings (SSSR count). The SMILES string of the molecule is CC(C)S(=O)(=O)c1cc(C(F)(F)F)cnc1C(=O)CC1CC(C(C)(C)S(=O)(=O)c2cccc(C(F)(F)F)c2)C1. The highest BCUT2D eigenvalue weighted by molar-refractivity contribution is 7.93. The van der Waals surface area contributed by atoms with Crippen molar-refractivity contribution < 1.29 is 48.0 Å². The van der Waals surface area contributed by atoms with Crippen molar-refractivity contribution in [3.05, 3.63) is 53.3 Å². The van der Waals surface area contributed by atoms with Crippen molar-refractivity contribution in [1.29, 1.82) is 0 Å². The summed E-state index contributed by atoms with van der Waals surface area (Å²) in [6, 6.07) is 3.82. The van der Waals surface area contributed by atoms with E-state index in [-0.39, 0.29) is 19.3 Å². The van der Waals surface area contributed by atoms with E-state index in [0.29, 0.717) is 18.3 Å². The van der Waals surface area contributed by atoms with E-state index in [1.165, 1.54) is 27.7 Å². The van der Waals surface area contributed by atoms with E-state index >= 15 is 0 Å². The first-order valence-electron chi connectivity index (χ1n) is 11.9. The molecule has 0 N–H and O–H groups in total. The lowest BCUT2D eigenvalue weighted by atomic mass is 9.67. The highest BCUT2D eigenvalue weighted by Crippen LogP contribution is 2.48. The Hall–Kier alpha value is -2.48. The minimum absolute atomic E-state index is 0.184. The van der Waals surface area contributed by atoms with Crippen LogP contribution >= 0.6 is 0 Å². The minimum atomic E-state index is -4.88. The number of pyridine rings is 1. The molecule has 216 valence electrons. The van der Waals surface area contributed by atoms with Crippen LogP contribution in [0.1, 0.15) is 68.6 Å². The van der Waals surface area contributed by atoms with Crippen molar-refractivity contribution in [3.63, 3.8) is 0 Å². The van der Waals surface area contributed by atoms with Crippen LogP contribution in [0.5, 0.6) is 0 Å². The zero-order valence-corrected chi connectivity index (χ0v) is 23.0. The summed E-state index contributed by atoms with van der Waals surface area (Å²) in [5, 5.41) is -1.12. The second-order valence-corrected chi connectivity index (χ2v) is 15.5. The molecule has 39 heavy (non-hydrogen) atoms. The number of nitrogens with zero attached hydrogens (tertiary/aromatic N) is 1. The highest BCUT2D eigenvalue weighted by atomic mass is 32.2. The van der Waals surface area contributed by atoms with E-state index in [2.05, 4.69) is 4.98 Å². The summed E-state index contributed by atoms with van der Waals surface area (Å²) in [7, 11) is -8.52. The standard InChI is InChI=1S/C25H27F6NO5S2/c1-14(2)38(34,35)21-12-18(25(29,30)31)13-32-22(21)20(33)10-15-8-17(9-15)23(3,4)39(36,37)19-7-5-6-16(11-19)24(26,27)28/h5-7,11-15,17H,8-10H2,1-4H3. The molecule has 1 aliphatic rings. The molecular formula is C25H27F6NO5S2. The lowest BCUT2D eigenvalue weighted by Crippen LogP contribution is -2.46. The summed E-state index contributed by atoms with van der Waals surface area (Å²) in [4.78, 5) is 15.2. The Labute approximate surface area is 222 Å². The van der Waals surface area contributed by atoms with Gasteiger partial charge >= 0.3 is 12.4 Å². The quantitative estimate of drug-likeness (QED) is 0.267. The summed E-state index contributed by atoms with van der Waals surface area (Å²) >= 11 is 0. The number of rotatable bonds is 8. The molecule has 1 aromatic heterocycles. The smallest absolute Gasteiger partial charge is 0.292 e. The van der Waals surface area contributed by atoms with Crippen LogP contribution in [0.25, 0.3) is 0 Å². The topological polar surface area (TPSA) is 98.2 Å². The predicted octanol–water partition coefficient (Wildman–Crippen LogP) is 6.15. The number of aromatic nitrogens is 1. The van der Waals surface area contributed by atoms with Gasteiger partial charge in [0.15, 0.2) is 25.5 Å². The maximum atomic E-state index is 13.2. The van der Waals surface area contributed by atoms with Gasteiger partial charge in [-0.2, -0.15) is 26.3 Å². The molecule has 0 atom stereocenters. The Kier molecular flexibility index (Phi) is 8.10. The predicted molar refractivity (Wildman–Crippen MR) is 129 cm³/mol. The van der Waals surface area contributed by atoms with E-state index in [1.807, 2.05) is 0 Å². The number of sulfone groups is 2. The molecule has 0 spiro atoms. The summed E-state index contributed by atoms with van der Waals surface area (Å²) in [5.74, 6) is -1.75. The third-order valence-electron chi connectivity index (χ3n) is 7.23. The van der Waals surface area contributed by atoms with Crippen LogP contribution in [-0.4, -0.2) is 37.6 Å². The molecule has 0 saturated heterocycles. The fourth-order valence-electron chi connectivity index (χ4n) is 4.47. The number of alkyl halides is 6. The van der Waals surface area contributed by atoms with Gasteiger partial charge in [0.2, 0.25) is 0 Å². The van der Waals surface area contributed by atoms with Gasteiger partial charge in [0.25, 0.3) is 0 Å². The number of hydrogen-bond donors (Lipinski definition) is 0. The van der Waals surface area contributed by atoms with Crippen molar-refractivity contribution in [2.75, 3.05) is 0 Å². The fraction of sp³-hybridized carbons (Fsp3) is 0.520. The molecule has 0 radical (unpaired) electrons. The number of halogens is 6. The van der Waals surface area contributed by atoms with E-state index in [1.54, 1.807) is 0 Å². The van der Waals surface area contributed by atoms with Crippen molar-refractivity contribution in [3.8, 4) is 0 Å². The average molecular weight is 600 g/mol. The maximum absolute atomic E-state index is 13.2. The minimum Gasteiger partial charge on any atom is -0.292 e. The Morgan fingerprint density at radius 2 is 1.51 bits per heavy atom. The summed E-state index contributed by atoms with van der Waals surface area (Å²) < 4.78 is 129. The monoisotopic (exact) mass is 599 g/mol. The molecule has 1 heterocycles. The molecule has 1 fully saturated rings. The summed E-state index contributed by atoms with van der Waals surface area (Å²) in [5.41, 5.74) is -3.04. The third kappa shape index (κ3) is 6.01. The van der Waals surface area contributed by atoms with E-state index in [4.69, 9.17) is 0 Å². The molecule has 6 nitrogen and oxygen atoms in total. The van der Waals surface area contributed by atoms with Crippen LogP contribution in [0, 0.1) is 11.8 Å². The third-order valence-corrected chi connectivity index (χ3v) is 12.0. The number of Topliss-reactive ketones (excluding diaryl/α,β-unsaturated/α-hetero) is 1. The van der Waals surface area contributed by atoms with Gasteiger partial charge in [-0.05, 0) is 76.6 Å². The Balaban J connectivity index is 1.81. The zero-order chi connectivity index (χ0) is 29.8. The Bertz CT molecular complexity index is 1470. The van der Waals surface area contributed by atoms with Crippen molar-refractivity contribution in [2.45, 2.75) is 79.1 Å². The Morgan fingerprint density at radius 3 is 2.03 bits per heavy atom. The van der Waals surface area contributed by atoms with Crippen molar-refractivity contribution in [2.24, 2.45) is 11.8 Å². The van der Waals surface area contributed by atoms with Gasteiger partial charge in [0, 0.05) is 12.6 Å². The second-order valence-electron chi connectivity index (χ2n) is 10.5. The zero-order valence-electron chi connectivity index (χ0n) is 21.4. The molecule has 2 aromatic rings. The summed E-state index contributed by atoms with van der Waals surface area (Å²) in [6.45, 7) is 5.28. The second kappa shape index (κ2) is 10.2. The van der Waals surface area contributed by atoms with Gasteiger partial charge in [0.1, 0.15) is 5.69 Å². The molecule has 1 aliphatic carbocycles. The van der Waals surface area contributed by atoms with Gasteiger partial charge in [0.05, 0.1) is 30.9 Å². The molecule has 14 heteroatoms. The highest BCUT2D eigenvalue weighted by Gasteiger charge is 2.49. The number of hydrogen-bond acceptors (Lipinski definition) is 6. The van der Waals surface area contributed by atoms with Gasteiger partial charge in [-0.15, -0.1) is 0 Å². The van der Waals surface area contributed by atoms with Crippen LogP contribution in [0.3, 0.4) is 0 Å². The fourth-order valence-corrected chi connectivity index (χ4v) is 7.49. The molecule has 0 bridgehead atoms. The van der Waals surface area contributed by atoms with Gasteiger partial charge < -0.3 is 0 Å². The first-order valence-corrected chi connectivity index (χ1v) is 14.9. The lowest BCUT2D eigenvalue weighted by molar-refractivity contribution is -0.138. The molecule has 0 amide bonds. The average Bonchev–Trinajstić information content (AvgIpc) is 2.79. The van der Waals surface area contributed by atoms with Crippen LogP contribution in [0.4, 0.5) is 26.3 Å². The van der Waals surface area contributed by atoms with E-state index in [9.17, 15) is 48.0 Å². The molecule has 0 unspecified atom stereocenters. The van der Waals surface area contributed by atoms with E-state index in [0.717, 1.165) is 18.2 Å². The molecular weight excluding hydrogens is 572 g/mol. The number of carbonyl (C=O) groups is 1. The molecule has 0 aliphatic heterocycles. The van der Waals surface area contributed by atoms with Crippen LogP contribution < -0.4 is 0 Å². The maximum Gasteiger partial charge on any atom is 0.417 e. The lowest BCUT2D eigenvalue weighted by Gasteiger charge is -2.44. The number of benzene rings is 1. The van der Waals surface area contributed by atoms with Crippen LogP contribution in [-0.2, 0) is 32.0 Å². The molecule has 1 saturated carbocycles. The number of carbonyl (C=O) groups excluding carboxylic acids is 1. The van der Waals surface area contributed by atoms with Crippen LogP contribution in [0.2, 0.25) is 0 Å². The summed E-state index contributed by atoms with van der Waals surface area (Å²) in [6.07, 6.45) is -9.14. The molecule has 1 aromatic carbocycles. The largest absolute Gasteiger partial charge is 0.417 e. The number of ketones is 1. The van der Waals surface area contributed by atoms with Crippen molar-refractivity contribution in [1.82, 2.24) is 4.98 Å². The normalized spacial score (nSPS) is 19.2. The van der Waals surface area contributed by atoms with Gasteiger partial charge in [-0.3, -0.25) is 9.78 Å².